The van der Waals surface area contributed by atoms with E-state index in [1.165, 1.54) is 26.4 Å². The van der Waals surface area contributed by atoms with Gasteiger partial charge in [-0.05, 0) is 32.1 Å². The fraction of sp³-hybridized carbons (Fsp3) is 0.909. The Morgan fingerprint density at radius 2 is 2.31 bits per heavy atom. The summed E-state index contributed by atoms with van der Waals surface area (Å²) in [6.45, 7) is 4.24. The fourth-order valence-corrected chi connectivity index (χ4v) is 2.45. The zero-order valence-corrected chi connectivity index (χ0v) is 8.93. The van der Waals surface area contributed by atoms with Crippen molar-refractivity contribution < 1.29 is 9.53 Å². The smallest absolute Gasteiger partial charge is 0.311 e. The normalized spacial score (nSPS) is 33.3. The predicted molar refractivity (Wildman–Crippen MR) is 52.4 cm³/mol. The van der Waals surface area contributed by atoms with Gasteiger partial charge in [0.15, 0.2) is 0 Å². The Morgan fingerprint density at radius 3 is 2.85 bits per heavy atom. The molecule has 0 radical (unpaired) electrons. The number of methoxy groups -OCH3 is 1. The molecule has 0 aromatic carbocycles. The Hall–Kier alpha value is -0.530. The number of esters is 1. The Bertz CT molecular complexity index is 189. The quantitative estimate of drug-likeness (QED) is 0.630. The van der Waals surface area contributed by atoms with Gasteiger partial charge in [-0.25, -0.2) is 0 Å². The van der Waals surface area contributed by atoms with Crippen LogP contribution >= 0.6 is 0 Å². The van der Waals surface area contributed by atoms with E-state index in [4.69, 9.17) is 4.74 Å². The first-order valence-corrected chi connectivity index (χ1v) is 5.21. The molecule has 1 aliphatic carbocycles. The van der Waals surface area contributed by atoms with E-state index in [2.05, 4.69) is 6.92 Å². The highest BCUT2D eigenvalue weighted by Gasteiger charge is 2.41. The van der Waals surface area contributed by atoms with E-state index in [1.807, 2.05) is 6.92 Å². The van der Waals surface area contributed by atoms with E-state index in [0.29, 0.717) is 0 Å². The third kappa shape index (κ3) is 2.23. The summed E-state index contributed by atoms with van der Waals surface area (Å²) in [5, 5.41) is 0. The van der Waals surface area contributed by atoms with Gasteiger partial charge in [-0.2, -0.15) is 0 Å². The van der Waals surface area contributed by atoms with Gasteiger partial charge in [0.2, 0.25) is 0 Å². The fourth-order valence-electron chi connectivity index (χ4n) is 2.45. The van der Waals surface area contributed by atoms with Crippen molar-refractivity contribution in [3.05, 3.63) is 0 Å². The SMILES string of the molecule is CCCC1CCC(C)(C(=O)OC)C1. The molecule has 1 fully saturated rings. The molecule has 0 N–H and O–H groups in total. The van der Waals surface area contributed by atoms with Gasteiger partial charge >= 0.3 is 5.97 Å². The molecule has 0 aromatic heterocycles. The minimum absolute atomic E-state index is 0.0221. The summed E-state index contributed by atoms with van der Waals surface area (Å²) < 4.78 is 4.82. The van der Waals surface area contributed by atoms with E-state index in [1.54, 1.807) is 0 Å². The lowest BCUT2D eigenvalue weighted by Crippen LogP contribution is -2.26. The van der Waals surface area contributed by atoms with Crippen LogP contribution in [0.3, 0.4) is 0 Å². The first kappa shape index (κ1) is 10.6. The number of carbonyl (C=O) groups is 1. The van der Waals surface area contributed by atoms with Crippen molar-refractivity contribution >= 4 is 5.97 Å². The van der Waals surface area contributed by atoms with Crippen LogP contribution in [-0.4, -0.2) is 13.1 Å². The molecule has 0 heterocycles. The van der Waals surface area contributed by atoms with Crippen LogP contribution in [0.1, 0.15) is 46.0 Å². The van der Waals surface area contributed by atoms with Crippen LogP contribution < -0.4 is 0 Å². The average Bonchev–Trinajstić information content (AvgIpc) is 2.48. The zero-order chi connectivity index (χ0) is 9.90. The van der Waals surface area contributed by atoms with E-state index in [-0.39, 0.29) is 11.4 Å². The Morgan fingerprint density at radius 1 is 1.62 bits per heavy atom. The molecular formula is C11H20O2. The summed E-state index contributed by atoms with van der Waals surface area (Å²) in [6.07, 6.45) is 5.70. The van der Waals surface area contributed by atoms with E-state index in [0.717, 1.165) is 18.8 Å². The number of hydrogen-bond donors (Lipinski definition) is 0. The maximum absolute atomic E-state index is 11.5. The molecule has 2 unspecified atom stereocenters. The first-order valence-electron chi connectivity index (χ1n) is 5.21. The number of rotatable bonds is 3. The van der Waals surface area contributed by atoms with Crippen molar-refractivity contribution in [3.8, 4) is 0 Å². The predicted octanol–water partition coefficient (Wildman–Crippen LogP) is 2.77. The second-order valence-electron chi connectivity index (χ2n) is 4.45. The number of hydrogen-bond acceptors (Lipinski definition) is 2. The monoisotopic (exact) mass is 184 g/mol. The van der Waals surface area contributed by atoms with Crippen LogP contribution in [-0.2, 0) is 9.53 Å². The van der Waals surface area contributed by atoms with Crippen molar-refractivity contribution in [2.45, 2.75) is 46.0 Å². The molecule has 2 nitrogen and oxygen atoms in total. The summed E-state index contributed by atoms with van der Waals surface area (Å²) in [6, 6.07) is 0. The molecule has 1 aliphatic rings. The largest absolute Gasteiger partial charge is 0.469 e. The van der Waals surface area contributed by atoms with Gasteiger partial charge in [0.25, 0.3) is 0 Å². The topological polar surface area (TPSA) is 26.3 Å². The lowest BCUT2D eigenvalue weighted by molar-refractivity contribution is -0.151. The molecule has 13 heavy (non-hydrogen) atoms. The van der Waals surface area contributed by atoms with Crippen molar-refractivity contribution in [1.29, 1.82) is 0 Å². The molecule has 2 heteroatoms. The summed E-state index contributed by atoms with van der Waals surface area (Å²) in [5.74, 6) is 0.722. The van der Waals surface area contributed by atoms with Crippen molar-refractivity contribution in [3.63, 3.8) is 0 Å². The molecule has 0 aliphatic heterocycles. The summed E-state index contributed by atoms with van der Waals surface area (Å²) in [4.78, 5) is 11.5. The maximum Gasteiger partial charge on any atom is 0.311 e. The zero-order valence-electron chi connectivity index (χ0n) is 8.93. The van der Waals surface area contributed by atoms with Crippen molar-refractivity contribution in [1.82, 2.24) is 0 Å². The number of ether oxygens (including phenoxy) is 1. The summed E-state index contributed by atoms with van der Waals surface area (Å²) >= 11 is 0. The minimum atomic E-state index is -0.186. The average molecular weight is 184 g/mol. The van der Waals surface area contributed by atoms with Gasteiger partial charge in [0.1, 0.15) is 0 Å². The molecule has 0 spiro atoms. The first-order chi connectivity index (χ1) is 6.12. The Labute approximate surface area is 80.7 Å². The van der Waals surface area contributed by atoms with Gasteiger partial charge in [-0.1, -0.05) is 19.8 Å². The molecule has 0 amide bonds. The second kappa shape index (κ2) is 4.12. The molecule has 0 saturated heterocycles. The third-order valence-electron chi connectivity index (χ3n) is 3.22. The second-order valence-corrected chi connectivity index (χ2v) is 4.45. The number of carbonyl (C=O) groups excluding carboxylic acids is 1. The van der Waals surface area contributed by atoms with Gasteiger partial charge in [0, 0.05) is 0 Å². The Balaban J connectivity index is 2.50. The molecular weight excluding hydrogens is 164 g/mol. The van der Waals surface area contributed by atoms with E-state index < -0.39 is 0 Å². The Kier molecular flexibility index (Phi) is 3.34. The van der Waals surface area contributed by atoms with Gasteiger partial charge < -0.3 is 4.74 Å². The summed E-state index contributed by atoms with van der Waals surface area (Å²) in [7, 11) is 1.49. The highest BCUT2D eigenvalue weighted by molar-refractivity contribution is 5.76. The lowest BCUT2D eigenvalue weighted by Gasteiger charge is -2.20. The van der Waals surface area contributed by atoms with Crippen LogP contribution in [0.2, 0.25) is 0 Å². The molecule has 0 aromatic rings. The molecule has 1 saturated carbocycles. The molecule has 76 valence electrons. The van der Waals surface area contributed by atoms with Crippen LogP contribution in [0.25, 0.3) is 0 Å². The van der Waals surface area contributed by atoms with Gasteiger partial charge in [0.05, 0.1) is 12.5 Å². The van der Waals surface area contributed by atoms with Crippen LogP contribution in [0.15, 0.2) is 0 Å². The summed E-state index contributed by atoms with van der Waals surface area (Å²) in [5.41, 5.74) is -0.186. The molecule has 0 bridgehead atoms. The lowest BCUT2D eigenvalue weighted by atomic mass is 9.87. The molecule has 1 rings (SSSR count). The van der Waals surface area contributed by atoms with Gasteiger partial charge in [-0.3, -0.25) is 4.79 Å². The van der Waals surface area contributed by atoms with Crippen LogP contribution in [0.4, 0.5) is 0 Å². The van der Waals surface area contributed by atoms with Crippen molar-refractivity contribution in [2.24, 2.45) is 11.3 Å². The van der Waals surface area contributed by atoms with Crippen LogP contribution in [0, 0.1) is 11.3 Å². The van der Waals surface area contributed by atoms with Gasteiger partial charge in [-0.15, -0.1) is 0 Å². The third-order valence-corrected chi connectivity index (χ3v) is 3.22. The minimum Gasteiger partial charge on any atom is -0.469 e. The standard InChI is InChI=1S/C11H20O2/c1-4-5-9-6-7-11(2,8-9)10(12)13-3/h9H,4-8H2,1-3H3. The molecule has 2 atom stereocenters. The van der Waals surface area contributed by atoms with Crippen molar-refractivity contribution in [2.75, 3.05) is 7.11 Å². The highest BCUT2D eigenvalue weighted by Crippen LogP contribution is 2.43. The highest BCUT2D eigenvalue weighted by atomic mass is 16.5. The van der Waals surface area contributed by atoms with Crippen LogP contribution in [0.5, 0.6) is 0 Å². The van der Waals surface area contributed by atoms with E-state index in [9.17, 15) is 4.79 Å². The van der Waals surface area contributed by atoms with E-state index >= 15 is 0 Å². The maximum atomic E-state index is 11.5.